The van der Waals surface area contributed by atoms with Gasteiger partial charge in [0.1, 0.15) is 6.79 Å². The summed E-state index contributed by atoms with van der Waals surface area (Å²) in [6.45, 7) is 4.31. The quantitative estimate of drug-likeness (QED) is 0.844. The molecule has 1 fully saturated rings. The van der Waals surface area contributed by atoms with E-state index in [0.29, 0.717) is 18.9 Å². The van der Waals surface area contributed by atoms with E-state index in [0.717, 1.165) is 19.6 Å². The van der Waals surface area contributed by atoms with Crippen LogP contribution in [0.15, 0.2) is 30.3 Å². The first-order valence-electron chi connectivity index (χ1n) is 5.84. The van der Waals surface area contributed by atoms with E-state index in [1.54, 1.807) is 0 Å². The molecule has 1 heterocycles. The Labute approximate surface area is 96.8 Å². The van der Waals surface area contributed by atoms with Gasteiger partial charge in [-0.05, 0) is 18.9 Å². The first kappa shape index (κ1) is 11.6. The molecule has 1 N–H and O–H groups in total. The zero-order valence-electron chi connectivity index (χ0n) is 9.69. The summed E-state index contributed by atoms with van der Waals surface area (Å²) in [6, 6.07) is 10.8. The lowest BCUT2D eigenvalue weighted by Crippen LogP contribution is -2.35. The van der Waals surface area contributed by atoms with Gasteiger partial charge in [0.05, 0.1) is 12.7 Å². The summed E-state index contributed by atoms with van der Waals surface area (Å²) in [5, 5.41) is 3.49. The lowest BCUT2D eigenvalue weighted by Gasteiger charge is -2.24. The molecule has 0 aliphatic carbocycles. The van der Waals surface area contributed by atoms with Crippen molar-refractivity contribution in [1.29, 1.82) is 0 Å². The molecule has 88 valence electrons. The van der Waals surface area contributed by atoms with Gasteiger partial charge in [-0.3, -0.25) is 0 Å². The first-order chi connectivity index (χ1) is 7.86. The van der Waals surface area contributed by atoms with Crippen LogP contribution in [0.25, 0.3) is 0 Å². The molecule has 2 unspecified atom stereocenters. The van der Waals surface area contributed by atoms with Crippen molar-refractivity contribution in [2.24, 2.45) is 0 Å². The highest BCUT2D eigenvalue weighted by Crippen LogP contribution is 2.12. The largest absolute Gasteiger partial charge is 0.355 e. The van der Waals surface area contributed by atoms with E-state index < -0.39 is 0 Å². The van der Waals surface area contributed by atoms with Crippen molar-refractivity contribution in [2.45, 2.75) is 25.5 Å². The van der Waals surface area contributed by atoms with E-state index in [1.807, 2.05) is 6.07 Å². The summed E-state index contributed by atoms with van der Waals surface area (Å²) in [4.78, 5) is 0. The Hall–Kier alpha value is -0.900. The minimum Gasteiger partial charge on any atom is -0.355 e. The maximum atomic E-state index is 5.48. The summed E-state index contributed by atoms with van der Waals surface area (Å²) >= 11 is 0. The van der Waals surface area contributed by atoms with Crippen LogP contribution in [0.3, 0.4) is 0 Å². The van der Waals surface area contributed by atoms with E-state index in [4.69, 9.17) is 9.47 Å². The van der Waals surface area contributed by atoms with Crippen molar-refractivity contribution in [2.75, 3.05) is 19.9 Å². The molecule has 0 saturated carbocycles. The van der Waals surface area contributed by atoms with Crippen molar-refractivity contribution >= 4 is 0 Å². The molecule has 0 amide bonds. The Morgan fingerprint density at radius 2 is 2.19 bits per heavy atom. The van der Waals surface area contributed by atoms with Gasteiger partial charge in [-0.15, -0.1) is 0 Å². The second-order valence-electron chi connectivity index (χ2n) is 4.14. The van der Waals surface area contributed by atoms with Crippen LogP contribution in [-0.2, 0) is 9.47 Å². The molecule has 0 spiro atoms. The van der Waals surface area contributed by atoms with Crippen molar-refractivity contribution in [3.05, 3.63) is 35.9 Å². The van der Waals surface area contributed by atoms with Gasteiger partial charge >= 0.3 is 0 Å². The summed E-state index contributed by atoms with van der Waals surface area (Å²) < 4.78 is 10.6. The molecule has 2 atom stereocenters. The van der Waals surface area contributed by atoms with Gasteiger partial charge in [-0.2, -0.15) is 0 Å². The average Bonchev–Trinajstić information content (AvgIpc) is 2.38. The van der Waals surface area contributed by atoms with Crippen LogP contribution in [0.5, 0.6) is 0 Å². The molecule has 0 aromatic heterocycles. The fourth-order valence-corrected chi connectivity index (χ4v) is 1.83. The summed E-state index contributed by atoms with van der Waals surface area (Å²) in [7, 11) is 0. The molecule has 1 aliphatic heterocycles. The highest BCUT2D eigenvalue weighted by Gasteiger charge is 2.15. The molecule has 1 aliphatic rings. The SMILES string of the molecule is CC(NCC1CCOCO1)c1ccccc1. The monoisotopic (exact) mass is 221 g/mol. The molecule has 1 saturated heterocycles. The fourth-order valence-electron chi connectivity index (χ4n) is 1.83. The highest BCUT2D eigenvalue weighted by atomic mass is 16.7. The minimum absolute atomic E-state index is 0.292. The van der Waals surface area contributed by atoms with Crippen LogP contribution < -0.4 is 5.32 Å². The molecule has 1 aromatic carbocycles. The number of nitrogens with one attached hydrogen (secondary N) is 1. The molecule has 16 heavy (non-hydrogen) atoms. The van der Waals surface area contributed by atoms with Crippen molar-refractivity contribution in [3.63, 3.8) is 0 Å². The second kappa shape index (κ2) is 5.99. The maximum absolute atomic E-state index is 5.48. The number of rotatable bonds is 4. The molecule has 1 aromatic rings. The van der Waals surface area contributed by atoms with Crippen LogP contribution in [0.1, 0.15) is 24.9 Å². The Kier molecular flexibility index (Phi) is 4.34. The third-order valence-electron chi connectivity index (χ3n) is 2.92. The Morgan fingerprint density at radius 3 is 2.88 bits per heavy atom. The number of benzene rings is 1. The van der Waals surface area contributed by atoms with E-state index in [-0.39, 0.29) is 0 Å². The predicted octanol–water partition coefficient (Wildman–Crippen LogP) is 2.10. The summed E-state index contributed by atoms with van der Waals surface area (Å²) in [5.74, 6) is 0. The van der Waals surface area contributed by atoms with Gasteiger partial charge in [-0.1, -0.05) is 30.3 Å². The van der Waals surface area contributed by atoms with Gasteiger partial charge in [-0.25, -0.2) is 0 Å². The average molecular weight is 221 g/mol. The van der Waals surface area contributed by atoms with Crippen molar-refractivity contribution in [1.82, 2.24) is 5.32 Å². The van der Waals surface area contributed by atoms with E-state index in [1.165, 1.54) is 5.56 Å². The number of ether oxygens (including phenoxy) is 2. The van der Waals surface area contributed by atoms with Crippen LogP contribution in [-0.4, -0.2) is 26.0 Å². The molecule has 0 radical (unpaired) electrons. The number of hydrogen-bond donors (Lipinski definition) is 1. The lowest BCUT2D eigenvalue weighted by molar-refractivity contribution is -0.137. The Balaban J connectivity index is 1.77. The van der Waals surface area contributed by atoms with Gasteiger partial charge < -0.3 is 14.8 Å². The first-order valence-corrected chi connectivity index (χ1v) is 5.84. The van der Waals surface area contributed by atoms with Crippen LogP contribution in [0.2, 0.25) is 0 Å². The Bertz CT molecular complexity index is 296. The van der Waals surface area contributed by atoms with E-state index in [2.05, 4.69) is 36.5 Å². The zero-order chi connectivity index (χ0) is 11.2. The fraction of sp³-hybridized carbons (Fsp3) is 0.538. The zero-order valence-corrected chi connectivity index (χ0v) is 9.69. The van der Waals surface area contributed by atoms with E-state index >= 15 is 0 Å². The molecule has 3 nitrogen and oxygen atoms in total. The summed E-state index contributed by atoms with van der Waals surface area (Å²) in [6.07, 6.45) is 1.27. The lowest BCUT2D eigenvalue weighted by atomic mass is 10.1. The Morgan fingerprint density at radius 1 is 1.38 bits per heavy atom. The van der Waals surface area contributed by atoms with Gasteiger partial charge in [0.25, 0.3) is 0 Å². The van der Waals surface area contributed by atoms with Crippen LogP contribution in [0.4, 0.5) is 0 Å². The maximum Gasteiger partial charge on any atom is 0.147 e. The molecular weight excluding hydrogens is 202 g/mol. The van der Waals surface area contributed by atoms with Crippen molar-refractivity contribution in [3.8, 4) is 0 Å². The molecule has 0 bridgehead atoms. The summed E-state index contributed by atoms with van der Waals surface area (Å²) in [5.41, 5.74) is 1.31. The standard InChI is InChI=1S/C13H19NO2/c1-11(12-5-3-2-4-6-12)14-9-13-7-8-15-10-16-13/h2-6,11,13-14H,7-10H2,1H3. The van der Waals surface area contributed by atoms with Gasteiger partial charge in [0.15, 0.2) is 0 Å². The smallest absolute Gasteiger partial charge is 0.147 e. The third kappa shape index (κ3) is 3.30. The predicted molar refractivity (Wildman–Crippen MR) is 63.2 cm³/mol. The topological polar surface area (TPSA) is 30.5 Å². The number of hydrogen-bond acceptors (Lipinski definition) is 3. The van der Waals surface area contributed by atoms with Crippen LogP contribution >= 0.6 is 0 Å². The van der Waals surface area contributed by atoms with Gasteiger partial charge in [0.2, 0.25) is 0 Å². The second-order valence-corrected chi connectivity index (χ2v) is 4.14. The van der Waals surface area contributed by atoms with Crippen molar-refractivity contribution < 1.29 is 9.47 Å². The van der Waals surface area contributed by atoms with Crippen LogP contribution in [0, 0.1) is 0 Å². The molecule has 3 heteroatoms. The minimum atomic E-state index is 0.292. The molecular formula is C13H19NO2. The van der Waals surface area contributed by atoms with E-state index in [9.17, 15) is 0 Å². The normalized spacial score (nSPS) is 22.9. The highest BCUT2D eigenvalue weighted by molar-refractivity contribution is 5.17. The van der Waals surface area contributed by atoms with Gasteiger partial charge in [0, 0.05) is 12.6 Å². The molecule has 2 rings (SSSR count). The third-order valence-corrected chi connectivity index (χ3v) is 2.92.